The number of aromatic nitrogens is 1. The van der Waals surface area contributed by atoms with Gasteiger partial charge in [-0.05, 0) is 55.5 Å². The van der Waals surface area contributed by atoms with E-state index in [-0.39, 0.29) is 11.7 Å². The molecule has 0 fully saturated rings. The molecule has 0 saturated heterocycles. The summed E-state index contributed by atoms with van der Waals surface area (Å²) in [6.07, 6.45) is 0. The molecule has 0 saturated carbocycles. The highest BCUT2D eigenvalue weighted by molar-refractivity contribution is 6.06. The van der Waals surface area contributed by atoms with Gasteiger partial charge < -0.3 is 14.6 Å². The molecular formula is C18H17FN2O2. The SMILES string of the molecule is CCOc1ccc(NC(=O)c2cc3ccc(F)cc3n2C)cc1. The van der Waals surface area contributed by atoms with E-state index < -0.39 is 0 Å². The number of ether oxygens (including phenoxy) is 1. The number of fused-ring (bicyclic) bond motifs is 1. The van der Waals surface area contributed by atoms with Gasteiger partial charge in [-0.25, -0.2) is 4.39 Å². The molecule has 1 aromatic heterocycles. The summed E-state index contributed by atoms with van der Waals surface area (Å²) in [5.74, 6) is 0.191. The fraction of sp³-hybridized carbons (Fsp3) is 0.167. The van der Waals surface area contributed by atoms with Crippen molar-refractivity contribution in [3.63, 3.8) is 0 Å². The lowest BCUT2D eigenvalue weighted by atomic mass is 10.2. The number of nitrogens with zero attached hydrogens (tertiary/aromatic N) is 1. The Hall–Kier alpha value is -2.82. The van der Waals surface area contributed by atoms with Gasteiger partial charge in [-0.3, -0.25) is 4.79 Å². The van der Waals surface area contributed by atoms with Gasteiger partial charge in [0, 0.05) is 18.1 Å². The number of benzene rings is 2. The summed E-state index contributed by atoms with van der Waals surface area (Å²) in [7, 11) is 1.74. The van der Waals surface area contributed by atoms with Gasteiger partial charge in [-0.1, -0.05) is 0 Å². The van der Waals surface area contributed by atoms with Crippen molar-refractivity contribution in [3.05, 3.63) is 60.0 Å². The van der Waals surface area contributed by atoms with E-state index in [0.717, 1.165) is 11.1 Å². The Balaban J connectivity index is 1.84. The third kappa shape index (κ3) is 3.04. The molecular weight excluding hydrogens is 295 g/mol. The van der Waals surface area contributed by atoms with Crippen molar-refractivity contribution in [3.8, 4) is 5.75 Å². The minimum Gasteiger partial charge on any atom is -0.494 e. The quantitative estimate of drug-likeness (QED) is 0.792. The Labute approximate surface area is 133 Å². The van der Waals surface area contributed by atoms with Gasteiger partial charge in [0.1, 0.15) is 17.3 Å². The van der Waals surface area contributed by atoms with Crippen molar-refractivity contribution in [1.29, 1.82) is 0 Å². The maximum absolute atomic E-state index is 13.3. The lowest BCUT2D eigenvalue weighted by Gasteiger charge is -2.08. The Morgan fingerprint density at radius 2 is 1.91 bits per heavy atom. The van der Waals surface area contributed by atoms with Crippen LogP contribution in [0.2, 0.25) is 0 Å². The molecule has 1 amide bonds. The van der Waals surface area contributed by atoms with Gasteiger partial charge in [0.05, 0.1) is 12.1 Å². The van der Waals surface area contributed by atoms with E-state index in [1.165, 1.54) is 12.1 Å². The summed E-state index contributed by atoms with van der Waals surface area (Å²) in [5, 5.41) is 3.66. The van der Waals surface area contributed by atoms with Gasteiger partial charge >= 0.3 is 0 Å². The fourth-order valence-corrected chi connectivity index (χ4v) is 2.52. The average Bonchev–Trinajstić information content (AvgIpc) is 2.86. The van der Waals surface area contributed by atoms with Gasteiger partial charge in [-0.15, -0.1) is 0 Å². The van der Waals surface area contributed by atoms with Crippen molar-refractivity contribution < 1.29 is 13.9 Å². The molecule has 0 spiro atoms. The zero-order valence-electron chi connectivity index (χ0n) is 13.0. The summed E-state index contributed by atoms with van der Waals surface area (Å²) in [5.41, 5.74) is 1.83. The number of aryl methyl sites for hydroxylation is 1. The molecule has 23 heavy (non-hydrogen) atoms. The Kier molecular flexibility index (Phi) is 4.02. The van der Waals surface area contributed by atoms with Gasteiger partial charge in [0.2, 0.25) is 0 Å². The summed E-state index contributed by atoms with van der Waals surface area (Å²) in [6.45, 7) is 2.51. The maximum atomic E-state index is 13.3. The van der Waals surface area contributed by atoms with E-state index in [1.54, 1.807) is 48.0 Å². The number of rotatable bonds is 4. The van der Waals surface area contributed by atoms with Crippen LogP contribution in [0.4, 0.5) is 10.1 Å². The zero-order valence-corrected chi connectivity index (χ0v) is 13.0. The number of hydrogen-bond donors (Lipinski definition) is 1. The summed E-state index contributed by atoms with van der Waals surface area (Å²) in [6, 6.07) is 13.4. The number of hydrogen-bond acceptors (Lipinski definition) is 2. The molecule has 0 unspecified atom stereocenters. The number of carbonyl (C=O) groups is 1. The molecule has 0 bridgehead atoms. The highest BCUT2D eigenvalue weighted by atomic mass is 19.1. The van der Waals surface area contributed by atoms with E-state index in [9.17, 15) is 9.18 Å². The van der Waals surface area contributed by atoms with Crippen LogP contribution < -0.4 is 10.1 Å². The largest absolute Gasteiger partial charge is 0.494 e. The predicted molar refractivity (Wildman–Crippen MR) is 88.4 cm³/mol. The number of carbonyl (C=O) groups excluding carboxylic acids is 1. The molecule has 118 valence electrons. The molecule has 1 heterocycles. The smallest absolute Gasteiger partial charge is 0.272 e. The Morgan fingerprint density at radius 1 is 1.17 bits per heavy atom. The molecule has 3 aromatic rings. The molecule has 0 aliphatic rings. The summed E-state index contributed by atoms with van der Waals surface area (Å²) < 4.78 is 20.4. The second-order valence-corrected chi connectivity index (χ2v) is 5.20. The van der Waals surface area contributed by atoms with Crippen LogP contribution in [0.25, 0.3) is 10.9 Å². The highest BCUT2D eigenvalue weighted by Gasteiger charge is 2.14. The van der Waals surface area contributed by atoms with E-state index in [0.29, 0.717) is 23.5 Å². The number of anilines is 1. The van der Waals surface area contributed by atoms with Crippen LogP contribution >= 0.6 is 0 Å². The third-order valence-electron chi connectivity index (χ3n) is 3.66. The van der Waals surface area contributed by atoms with Crippen molar-refractivity contribution >= 4 is 22.5 Å². The number of halogens is 1. The standard InChI is InChI=1S/C18H17FN2O2/c1-3-23-15-8-6-14(7-9-15)20-18(22)17-10-12-4-5-13(19)11-16(12)21(17)2/h4-11H,3H2,1-2H3,(H,20,22). The van der Waals surface area contributed by atoms with E-state index in [4.69, 9.17) is 4.74 Å². The van der Waals surface area contributed by atoms with Crippen molar-refractivity contribution in [2.24, 2.45) is 7.05 Å². The predicted octanol–water partition coefficient (Wildman–Crippen LogP) is 3.97. The first-order chi connectivity index (χ1) is 11.1. The van der Waals surface area contributed by atoms with Crippen LogP contribution in [0.3, 0.4) is 0 Å². The van der Waals surface area contributed by atoms with Crippen LogP contribution in [-0.2, 0) is 7.05 Å². The average molecular weight is 312 g/mol. The van der Waals surface area contributed by atoms with Crippen LogP contribution in [0.5, 0.6) is 5.75 Å². The molecule has 4 nitrogen and oxygen atoms in total. The molecule has 1 N–H and O–H groups in total. The topological polar surface area (TPSA) is 43.3 Å². The minimum atomic E-state index is -0.322. The fourth-order valence-electron chi connectivity index (χ4n) is 2.52. The molecule has 0 radical (unpaired) electrons. The molecule has 3 rings (SSSR count). The first-order valence-corrected chi connectivity index (χ1v) is 7.37. The van der Waals surface area contributed by atoms with Crippen LogP contribution in [0, 0.1) is 5.82 Å². The highest BCUT2D eigenvalue weighted by Crippen LogP contribution is 2.21. The van der Waals surface area contributed by atoms with Gasteiger partial charge in [-0.2, -0.15) is 0 Å². The number of nitrogens with one attached hydrogen (secondary N) is 1. The normalized spacial score (nSPS) is 10.7. The van der Waals surface area contributed by atoms with Crippen LogP contribution in [0.1, 0.15) is 17.4 Å². The molecule has 0 aliphatic carbocycles. The summed E-state index contributed by atoms with van der Waals surface area (Å²) >= 11 is 0. The van der Waals surface area contributed by atoms with Gasteiger partial charge in [0.15, 0.2) is 0 Å². The number of amides is 1. The van der Waals surface area contributed by atoms with Crippen LogP contribution in [0.15, 0.2) is 48.5 Å². The van der Waals surface area contributed by atoms with Gasteiger partial charge in [0.25, 0.3) is 5.91 Å². The van der Waals surface area contributed by atoms with Crippen molar-refractivity contribution in [2.75, 3.05) is 11.9 Å². The molecule has 2 aromatic carbocycles. The van der Waals surface area contributed by atoms with Crippen molar-refractivity contribution in [2.45, 2.75) is 6.92 Å². The zero-order chi connectivity index (χ0) is 16.4. The molecule has 5 heteroatoms. The van der Waals surface area contributed by atoms with E-state index >= 15 is 0 Å². The monoisotopic (exact) mass is 312 g/mol. The minimum absolute atomic E-state index is 0.242. The third-order valence-corrected chi connectivity index (χ3v) is 3.66. The van der Waals surface area contributed by atoms with E-state index in [2.05, 4.69) is 5.32 Å². The lowest BCUT2D eigenvalue weighted by Crippen LogP contribution is -2.15. The second-order valence-electron chi connectivity index (χ2n) is 5.20. The molecule has 0 atom stereocenters. The second kappa shape index (κ2) is 6.12. The Bertz CT molecular complexity index is 853. The first-order valence-electron chi connectivity index (χ1n) is 7.37. The lowest BCUT2D eigenvalue weighted by molar-refractivity contribution is 0.101. The van der Waals surface area contributed by atoms with Crippen molar-refractivity contribution in [1.82, 2.24) is 4.57 Å². The summed E-state index contributed by atoms with van der Waals surface area (Å²) in [4.78, 5) is 12.4. The first kappa shape index (κ1) is 15.1. The van der Waals surface area contributed by atoms with Crippen LogP contribution in [-0.4, -0.2) is 17.1 Å². The molecule has 0 aliphatic heterocycles. The maximum Gasteiger partial charge on any atom is 0.272 e. The Morgan fingerprint density at radius 3 is 2.61 bits per heavy atom. The van der Waals surface area contributed by atoms with E-state index in [1.807, 2.05) is 6.92 Å².